The summed E-state index contributed by atoms with van der Waals surface area (Å²) in [5, 5.41) is 7.48. The summed E-state index contributed by atoms with van der Waals surface area (Å²) in [5.41, 5.74) is 2.80. The van der Waals surface area contributed by atoms with Gasteiger partial charge in [0, 0.05) is 38.1 Å². The lowest BCUT2D eigenvalue weighted by molar-refractivity contribution is 0.102. The molecule has 0 atom stereocenters. The molecular weight excluding hydrogens is 402 g/mol. The van der Waals surface area contributed by atoms with Crippen molar-refractivity contribution in [2.24, 2.45) is 0 Å². The highest BCUT2D eigenvalue weighted by molar-refractivity contribution is 6.03. The average molecular weight is 430 g/mol. The van der Waals surface area contributed by atoms with E-state index in [-0.39, 0.29) is 11.9 Å². The van der Waals surface area contributed by atoms with Crippen LogP contribution in [0.5, 0.6) is 0 Å². The van der Waals surface area contributed by atoms with Crippen LogP contribution in [-0.4, -0.2) is 48.2 Å². The number of benzene rings is 1. The van der Waals surface area contributed by atoms with Gasteiger partial charge >= 0.3 is 0 Å². The Bertz CT molecular complexity index is 1210. The molecule has 0 radical (unpaired) electrons. The number of aromatic nitrogens is 5. The number of nitrogens with one attached hydrogen (secondary N) is 1. The zero-order valence-electron chi connectivity index (χ0n) is 18.2. The Hall–Kier alpha value is -3.52. The molecular formula is C24H27N7O. The first-order chi connectivity index (χ1) is 15.7. The molecule has 1 fully saturated rings. The number of carbonyl (C=O) groups is 1. The van der Waals surface area contributed by atoms with Crippen molar-refractivity contribution in [3.05, 3.63) is 72.4 Å². The van der Waals surface area contributed by atoms with E-state index in [0.29, 0.717) is 5.56 Å². The van der Waals surface area contributed by atoms with Crippen molar-refractivity contribution in [3.63, 3.8) is 0 Å². The van der Waals surface area contributed by atoms with Gasteiger partial charge in [-0.1, -0.05) is 12.1 Å². The van der Waals surface area contributed by atoms with Gasteiger partial charge in [-0.3, -0.25) is 14.7 Å². The number of para-hydroxylation sites is 2. The van der Waals surface area contributed by atoms with E-state index in [4.69, 9.17) is 4.98 Å². The summed E-state index contributed by atoms with van der Waals surface area (Å²) >= 11 is 0. The molecule has 1 amide bonds. The Labute approximate surface area is 186 Å². The Balaban J connectivity index is 1.23. The van der Waals surface area contributed by atoms with Crippen molar-refractivity contribution >= 4 is 22.8 Å². The maximum Gasteiger partial charge on any atom is 0.258 e. The van der Waals surface area contributed by atoms with E-state index in [1.54, 1.807) is 30.7 Å². The number of pyridine rings is 1. The predicted molar refractivity (Wildman–Crippen MR) is 123 cm³/mol. The molecule has 1 aromatic carbocycles. The topological polar surface area (TPSA) is 80.9 Å². The fourth-order valence-corrected chi connectivity index (χ4v) is 4.51. The van der Waals surface area contributed by atoms with E-state index < -0.39 is 0 Å². The third-order valence-corrected chi connectivity index (χ3v) is 6.15. The predicted octanol–water partition coefficient (Wildman–Crippen LogP) is 3.74. The van der Waals surface area contributed by atoms with Crippen LogP contribution in [-0.2, 0) is 13.1 Å². The number of aryl methyl sites for hydroxylation is 1. The smallest absolute Gasteiger partial charge is 0.258 e. The molecule has 8 heteroatoms. The SMILES string of the molecule is CCn1c(CN2CCC(n3nccc3NC(=O)c3cccnc3)CC2)nc2ccccc21. The number of rotatable bonds is 6. The zero-order valence-corrected chi connectivity index (χ0v) is 18.2. The average Bonchev–Trinajstić information content (AvgIpc) is 3.44. The molecule has 0 unspecified atom stereocenters. The van der Waals surface area contributed by atoms with Crippen LogP contribution in [0.4, 0.5) is 5.82 Å². The lowest BCUT2D eigenvalue weighted by Gasteiger charge is -2.32. The molecule has 3 aromatic heterocycles. The molecule has 164 valence electrons. The fraction of sp³-hybridized carbons (Fsp3) is 0.333. The summed E-state index contributed by atoms with van der Waals surface area (Å²) in [6.45, 7) is 5.86. The van der Waals surface area contributed by atoms with E-state index in [9.17, 15) is 4.79 Å². The minimum atomic E-state index is -0.171. The van der Waals surface area contributed by atoms with Gasteiger partial charge in [-0.05, 0) is 44.0 Å². The summed E-state index contributed by atoms with van der Waals surface area (Å²) in [5.74, 6) is 1.68. The first-order valence-corrected chi connectivity index (χ1v) is 11.1. The van der Waals surface area contributed by atoms with Crippen LogP contribution in [0.1, 0.15) is 42.0 Å². The number of piperidine rings is 1. The summed E-state index contributed by atoms with van der Waals surface area (Å²) in [6.07, 6.45) is 6.92. The van der Waals surface area contributed by atoms with Gasteiger partial charge in [0.2, 0.25) is 0 Å². The van der Waals surface area contributed by atoms with Crippen molar-refractivity contribution in [2.75, 3.05) is 18.4 Å². The van der Waals surface area contributed by atoms with Gasteiger partial charge in [0.15, 0.2) is 0 Å². The Kier molecular flexibility index (Phi) is 5.68. The fourth-order valence-electron chi connectivity index (χ4n) is 4.51. The normalized spacial score (nSPS) is 15.3. The highest BCUT2D eigenvalue weighted by atomic mass is 16.1. The molecule has 1 saturated heterocycles. The third-order valence-electron chi connectivity index (χ3n) is 6.15. The number of anilines is 1. The molecule has 8 nitrogen and oxygen atoms in total. The molecule has 0 aliphatic carbocycles. The second kappa shape index (κ2) is 8.92. The summed E-state index contributed by atoms with van der Waals surface area (Å²) in [4.78, 5) is 23.9. The van der Waals surface area contributed by atoms with Crippen molar-refractivity contribution in [2.45, 2.75) is 38.9 Å². The molecule has 32 heavy (non-hydrogen) atoms. The first-order valence-electron chi connectivity index (χ1n) is 11.1. The van der Waals surface area contributed by atoms with Gasteiger partial charge in [-0.2, -0.15) is 5.10 Å². The van der Waals surface area contributed by atoms with Crippen LogP contribution in [0.2, 0.25) is 0 Å². The molecule has 4 aromatic rings. The largest absolute Gasteiger partial charge is 0.327 e. The van der Waals surface area contributed by atoms with Crippen molar-refractivity contribution in [1.29, 1.82) is 0 Å². The molecule has 0 saturated carbocycles. The highest BCUT2D eigenvalue weighted by Gasteiger charge is 2.24. The maximum absolute atomic E-state index is 12.5. The van der Waals surface area contributed by atoms with Gasteiger partial charge in [-0.25, -0.2) is 9.67 Å². The number of nitrogens with zero attached hydrogens (tertiary/aromatic N) is 6. The number of imidazole rings is 1. The summed E-state index contributed by atoms with van der Waals surface area (Å²) in [6, 6.07) is 14.0. The number of likely N-dealkylation sites (tertiary alicyclic amines) is 1. The molecule has 1 aliphatic rings. The quantitative estimate of drug-likeness (QED) is 0.505. The molecule has 1 aliphatic heterocycles. The van der Waals surface area contributed by atoms with Crippen LogP contribution in [0.15, 0.2) is 61.1 Å². The van der Waals surface area contributed by atoms with Crippen LogP contribution in [0, 0.1) is 0 Å². The lowest BCUT2D eigenvalue weighted by atomic mass is 10.1. The van der Waals surface area contributed by atoms with Gasteiger partial charge in [0.25, 0.3) is 5.91 Å². The van der Waals surface area contributed by atoms with Crippen molar-refractivity contribution in [1.82, 2.24) is 29.2 Å². The molecule has 0 spiro atoms. The number of carbonyl (C=O) groups excluding carboxylic acids is 1. The molecule has 0 bridgehead atoms. The molecule has 5 rings (SSSR count). The van der Waals surface area contributed by atoms with Crippen molar-refractivity contribution in [3.8, 4) is 0 Å². The standard InChI is InChI=1S/C24H27N7O/c1-2-30-21-8-4-3-7-20(21)27-23(30)17-29-14-10-19(11-15-29)31-22(9-13-26-31)28-24(32)18-6-5-12-25-16-18/h3-9,12-13,16,19H,2,10-11,14-15,17H2,1H3,(H,28,32). The van der Waals surface area contributed by atoms with E-state index >= 15 is 0 Å². The third kappa shape index (κ3) is 4.01. The zero-order chi connectivity index (χ0) is 21.9. The van der Waals surface area contributed by atoms with Crippen molar-refractivity contribution < 1.29 is 4.79 Å². The van der Waals surface area contributed by atoms with E-state index in [0.717, 1.165) is 56.2 Å². The van der Waals surface area contributed by atoms with E-state index in [2.05, 4.69) is 50.0 Å². The summed E-state index contributed by atoms with van der Waals surface area (Å²) < 4.78 is 4.26. The van der Waals surface area contributed by atoms with Gasteiger partial charge in [-0.15, -0.1) is 0 Å². The minimum absolute atomic E-state index is 0.171. The minimum Gasteiger partial charge on any atom is -0.327 e. The first kappa shape index (κ1) is 20.4. The van der Waals surface area contributed by atoms with Gasteiger partial charge < -0.3 is 9.88 Å². The Morgan fingerprint density at radius 1 is 1.09 bits per heavy atom. The van der Waals surface area contributed by atoms with Gasteiger partial charge in [0.05, 0.1) is 35.4 Å². The summed E-state index contributed by atoms with van der Waals surface area (Å²) in [7, 11) is 0. The highest BCUT2D eigenvalue weighted by Crippen LogP contribution is 2.27. The Morgan fingerprint density at radius 2 is 1.94 bits per heavy atom. The van der Waals surface area contributed by atoms with E-state index in [1.165, 1.54) is 5.52 Å². The van der Waals surface area contributed by atoms with Crippen LogP contribution >= 0.6 is 0 Å². The number of hydrogen-bond donors (Lipinski definition) is 1. The number of fused-ring (bicyclic) bond motifs is 1. The van der Waals surface area contributed by atoms with Crippen LogP contribution in [0.25, 0.3) is 11.0 Å². The van der Waals surface area contributed by atoms with Gasteiger partial charge in [0.1, 0.15) is 11.6 Å². The molecule has 4 heterocycles. The van der Waals surface area contributed by atoms with Crippen LogP contribution in [0.3, 0.4) is 0 Å². The number of hydrogen-bond acceptors (Lipinski definition) is 5. The maximum atomic E-state index is 12.5. The second-order valence-corrected chi connectivity index (χ2v) is 8.13. The Morgan fingerprint density at radius 3 is 2.72 bits per heavy atom. The van der Waals surface area contributed by atoms with Crippen LogP contribution < -0.4 is 5.32 Å². The van der Waals surface area contributed by atoms with E-state index in [1.807, 2.05) is 16.8 Å². The number of amides is 1. The molecule has 1 N–H and O–H groups in total. The monoisotopic (exact) mass is 429 g/mol. The second-order valence-electron chi connectivity index (χ2n) is 8.13. The lowest BCUT2D eigenvalue weighted by Crippen LogP contribution is -2.35.